The van der Waals surface area contributed by atoms with E-state index in [1.54, 1.807) is 6.92 Å². The molecule has 33 heavy (non-hydrogen) atoms. The summed E-state index contributed by atoms with van der Waals surface area (Å²) in [6, 6.07) is 10.9. The SMILES string of the molecule is C/C(=N\NC(=O)c1nnn(-c2nonc2N)c1-c1ccc([N+](=O)[O-])cc1)c1ccc(F)cc1. The Morgan fingerprint density at radius 3 is 2.48 bits per heavy atom. The minimum absolute atomic E-state index is 0.0269. The molecule has 0 spiro atoms. The third-order valence-electron chi connectivity index (χ3n) is 4.52. The van der Waals surface area contributed by atoms with E-state index in [0.717, 1.165) is 4.68 Å². The molecule has 0 aliphatic rings. The number of nitro groups is 1. The highest BCUT2D eigenvalue weighted by Gasteiger charge is 2.25. The Hall–Kier alpha value is -5.01. The number of aromatic nitrogens is 5. The molecule has 0 atom stereocenters. The predicted octanol–water partition coefficient (Wildman–Crippen LogP) is 2.10. The van der Waals surface area contributed by atoms with E-state index >= 15 is 0 Å². The largest absolute Gasteiger partial charge is 0.378 e. The van der Waals surface area contributed by atoms with Crippen molar-refractivity contribution in [1.29, 1.82) is 0 Å². The number of hydrogen-bond acceptors (Lipinski definition) is 10. The number of amides is 1. The average Bonchev–Trinajstić information content (AvgIpc) is 3.43. The number of anilines is 1. The summed E-state index contributed by atoms with van der Waals surface area (Å²) in [7, 11) is 0. The number of nitrogens with two attached hydrogens (primary N) is 1. The van der Waals surface area contributed by atoms with Gasteiger partial charge in [0.2, 0.25) is 11.6 Å². The first-order valence-corrected chi connectivity index (χ1v) is 9.24. The van der Waals surface area contributed by atoms with Gasteiger partial charge in [-0.2, -0.15) is 9.78 Å². The topological polar surface area (TPSA) is 180 Å². The molecule has 0 saturated carbocycles. The van der Waals surface area contributed by atoms with Crippen LogP contribution in [-0.4, -0.2) is 41.8 Å². The molecule has 3 N–H and O–H groups in total. The molecule has 0 aliphatic heterocycles. The predicted molar refractivity (Wildman–Crippen MR) is 112 cm³/mol. The third-order valence-corrected chi connectivity index (χ3v) is 4.52. The van der Waals surface area contributed by atoms with Gasteiger partial charge >= 0.3 is 0 Å². The van der Waals surface area contributed by atoms with E-state index in [2.05, 4.69) is 35.8 Å². The Bertz CT molecular complexity index is 1360. The van der Waals surface area contributed by atoms with Gasteiger partial charge in [0.05, 0.1) is 10.6 Å². The molecule has 4 aromatic rings. The molecule has 166 valence electrons. The average molecular weight is 451 g/mol. The number of nitrogen functional groups attached to an aromatic ring is 1. The quantitative estimate of drug-likeness (QED) is 0.252. The molecule has 2 heterocycles. The van der Waals surface area contributed by atoms with Gasteiger partial charge in [-0.15, -0.1) is 5.10 Å². The summed E-state index contributed by atoms with van der Waals surface area (Å²) < 4.78 is 18.8. The second-order valence-electron chi connectivity index (χ2n) is 6.62. The van der Waals surface area contributed by atoms with Gasteiger partial charge in [0, 0.05) is 17.7 Å². The smallest absolute Gasteiger partial charge is 0.294 e. The molecule has 13 nitrogen and oxygen atoms in total. The van der Waals surface area contributed by atoms with Gasteiger partial charge in [-0.1, -0.05) is 17.3 Å². The van der Waals surface area contributed by atoms with Crippen LogP contribution >= 0.6 is 0 Å². The first-order valence-electron chi connectivity index (χ1n) is 9.24. The van der Waals surface area contributed by atoms with E-state index < -0.39 is 16.6 Å². The van der Waals surface area contributed by atoms with Gasteiger partial charge in [0.25, 0.3) is 11.6 Å². The lowest BCUT2D eigenvalue weighted by atomic mass is 10.1. The molecular weight excluding hydrogens is 437 g/mol. The molecule has 2 aromatic carbocycles. The molecular formula is C19H14FN9O4. The minimum atomic E-state index is -0.730. The van der Waals surface area contributed by atoms with Gasteiger partial charge in [-0.05, 0) is 47.1 Å². The first kappa shape index (κ1) is 21.2. The van der Waals surface area contributed by atoms with Crippen molar-refractivity contribution in [3.63, 3.8) is 0 Å². The van der Waals surface area contributed by atoms with Crippen molar-refractivity contribution >= 4 is 23.1 Å². The van der Waals surface area contributed by atoms with Gasteiger partial charge in [-0.3, -0.25) is 14.9 Å². The van der Waals surface area contributed by atoms with Crippen molar-refractivity contribution in [3.8, 4) is 17.1 Å². The minimum Gasteiger partial charge on any atom is -0.378 e. The first-order chi connectivity index (χ1) is 15.8. The maximum atomic E-state index is 13.1. The van der Waals surface area contributed by atoms with Crippen molar-refractivity contribution in [3.05, 3.63) is 75.7 Å². The summed E-state index contributed by atoms with van der Waals surface area (Å²) in [5.74, 6) is -1.27. The molecule has 0 bridgehead atoms. The second-order valence-corrected chi connectivity index (χ2v) is 6.62. The lowest BCUT2D eigenvalue weighted by Crippen LogP contribution is -2.21. The Balaban J connectivity index is 1.72. The zero-order valence-electron chi connectivity index (χ0n) is 16.8. The van der Waals surface area contributed by atoms with E-state index in [4.69, 9.17) is 5.73 Å². The maximum Gasteiger partial charge on any atom is 0.294 e. The fourth-order valence-electron chi connectivity index (χ4n) is 2.86. The molecule has 0 aliphatic carbocycles. The molecule has 2 aromatic heterocycles. The third kappa shape index (κ3) is 4.25. The number of benzene rings is 2. The summed E-state index contributed by atoms with van der Waals surface area (Å²) in [5.41, 5.74) is 9.29. The number of nitrogens with zero attached hydrogens (tertiary/aromatic N) is 7. The van der Waals surface area contributed by atoms with Crippen LogP contribution in [0.4, 0.5) is 15.9 Å². The van der Waals surface area contributed by atoms with Crippen LogP contribution in [0.25, 0.3) is 17.1 Å². The Morgan fingerprint density at radius 2 is 1.88 bits per heavy atom. The standard InChI is InChI=1S/C19H14FN9O4/c1-10(11-2-6-13(20)7-3-11)22-24-19(30)15-16(12-4-8-14(9-5-12)29(31)32)28(27-23-15)18-17(21)25-33-26-18/h2-9H,1H3,(H2,21,25)(H,24,30)/b22-10+. The zero-order chi connectivity index (χ0) is 23.5. The molecule has 1 amide bonds. The highest BCUT2D eigenvalue weighted by Crippen LogP contribution is 2.28. The van der Waals surface area contributed by atoms with Crippen LogP contribution in [0, 0.1) is 15.9 Å². The molecule has 0 unspecified atom stereocenters. The van der Waals surface area contributed by atoms with E-state index in [9.17, 15) is 19.3 Å². The van der Waals surface area contributed by atoms with Crippen LogP contribution in [0.5, 0.6) is 0 Å². The van der Waals surface area contributed by atoms with Gasteiger partial charge in [-0.25, -0.2) is 14.4 Å². The molecule has 4 rings (SSSR count). The van der Waals surface area contributed by atoms with E-state index in [1.807, 2.05) is 0 Å². The van der Waals surface area contributed by atoms with E-state index in [1.165, 1.54) is 48.5 Å². The van der Waals surface area contributed by atoms with Gasteiger partial charge in [0.15, 0.2) is 5.69 Å². The number of hydrazone groups is 1. The molecule has 0 radical (unpaired) electrons. The summed E-state index contributed by atoms with van der Waals surface area (Å²) in [6.45, 7) is 1.63. The number of rotatable bonds is 6. The number of nitro benzene ring substituents is 1. The van der Waals surface area contributed by atoms with E-state index in [-0.39, 0.29) is 28.7 Å². The summed E-state index contributed by atoms with van der Waals surface area (Å²) in [4.78, 5) is 23.3. The molecule has 0 fully saturated rings. The lowest BCUT2D eigenvalue weighted by Gasteiger charge is -2.06. The Kier molecular flexibility index (Phi) is 5.55. The lowest BCUT2D eigenvalue weighted by molar-refractivity contribution is -0.384. The maximum absolute atomic E-state index is 13.1. The van der Waals surface area contributed by atoms with Crippen LogP contribution in [0.1, 0.15) is 23.0 Å². The van der Waals surface area contributed by atoms with Crippen LogP contribution in [0.15, 0.2) is 58.3 Å². The van der Waals surface area contributed by atoms with Crippen molar-refractivity contribution in [2.24, 2.45) is 5.10 Å². The number of carbonyl (C=O) groups excluding carboxylic acids is 1. The number of carbonyl (C=O) groups is 1. The summed E-state index contributed by atoms with van der Waals surface area (Å²) >= 11 is 0. The number of halogens is 1. The number of nitrogens with one attached hydrogen (secondary N) is 1. The summed E-state index contributed by atoms with van der Waals surface area (Å²) in [6.07, 6.45) is 0. The van der Waals surface area contributed by atoms with Crippen LogP contribution in [-0.2, 0) is 0 Å². The van der Waals surface area contributed by atoms with E-state index in [0.29, 0.717) is 16.8 Å². The Morgan fingerprint density at radius 1 is 1.18 bits per heavy atom. The van der Waals surface area contributed by atoms with Gasteiger partial charge < -0.3 is 5.73 Å². The van der Waals surface area contributed by atoms with Crippen molar-refractivity contribution in [1.82, 2.24) is 30.7 Å². The normalized spacial score (nSPS) is 11.4. The second kappa shape index (κ2) is 8.62. The van der Waals surface area contributed by atoms with Crippen LogP contribution < -0.4 is 11.2 Å². The summed E-state index contributed by atoms with van der Waals surface area (Å²) in [5, 5.41) is 30.0. The fraction of sp³-hybridized carbons (Fsp3) is 0.0526. The molecule has 0 saturated heterocycles. The number of non-ortho nitro benzene ring substituents is 1. The zero-order valence-corrected chi connectivity index (χ0v) is 16.8. The fourth-order valence-corrected chi connectivity index (χ4v) is 2.86. The highest BCUT2D eigenvalue weighted by atomic mass is 19.1. The molecule has 14 heteroatoms. The number of hydrogen-bond donors (Lipinski definition) is 2. The monoisotopic (exact) mass is 451 g/mol. The Labute approximate surface area is 183 Å². The van der Waals surface area contributed by atoms with Crippen LogP contribution in [0.2, 0.25) is 0 Å². The van der Waals surface area contributed by atoms with Crippen LogP contribution in [0.3, 0.4) is 0 Å². The van der Waals surface area contributed by atoms with Crippen molar-refractivity contribution < 1.29 is 18.7 Å². The van der Waals surface area contributed by atoms with Crippen molar-refractivity contribution in [2.45, 2.75) is 6.92 Å². The van der Waals surface area contributed by atoms with Crippen molar-refractivity contribution in [2.75, 3.05) is 5.73 Å². The highest BCUT2D eigenvalue weighted by molar-refractivity contribution is 6.02. The van der Waals surface area contributed by atoms with Gasteiger partial charge in [0.1, 0.15) is 11.5 Å².